The average Bonchev–Trinajstić information content (AvgIpc) is 2.87. The van der Waals surface area contributed by atoms with Gasteiger partial charge in [-0.25, -0.2) is 0 Å². The molecule has 3 aliphatic rings. The number of morpholine rings is 1. The molecule has 4 heteroatoms. The van der Waals surface area contributed by atoms with Gasteiger partial charge in [-0.1, -0.05) is 0 Å². The van der Waals surface area contributed by atoms with Crippen LogP contribution >= 0.6 is 0 Å². The minimum atomic E-state index is 0.402. The van der Waals surface area contributed by atoms with Crippen LogP contribution in [-0.2, 0) is 9.47 Å². The van der Waals surface area contributed by atoms with Crippen molar-refractivity contribution in [1.29, 1.82) is 0 Å². The molecule has 0 aromatic rings. The van der Waals surface area contributed by atoms with Gasteiger partial charge < -0.3 is 14.8 Å². The Balaban J connectivity index is 1.33. The molecule has 0 aromatic heterocycles. The van der Waals surface area contributed by atoms with Gasteiger partial charge in [0.2, 0.25) is 0 Å². The second kappa shape index (κ2) is 6.33. The minimum Gasteiger partial charge on any atom is -0.381 e. The average molecular weight is 254 g/mol. The van der Waals surface area contributed by atoms with Crippen molar-refractivity contribution >= 4 is 0 Å². The summed E-state index contributed by atoms with van der Waals surface area (Å²) in [5.41, 5.74) is 0. The summed E-state index contributed by atoms with van der Waals surface area (Å²) >= 11 is 0. The van der Waals surface area contributed by atoms with Crippen molar-refractivity contribution in [2.24, 2.45) is 5.92 Å². The summed E-state index contributed by atoms with van der Waals surface area (Å²) in [6.45, 7) is 7.40. The third kappa shape index (κ3) is 3.23. The quantitative estimate of drug-likeness (QED) is 0.807. The summed E-state index contributed by atoms with van der Waals surface area (Å²) < 4.78 is 11.3. The van der Waals surface area contributed by atoms with Crippen molar-refractivity contribution in [1.82, 2.24) is 10.2 Å². The zero-order valence-corrected chi connectivity index (χ0v) is 11.3. The summed E-state index contributed by atoms with van der Waals surface area (Å²) in [6, 6.07) is 0.719. The van der Waals surface area contributed by atoms with Gasteiger partial charge in [0.05, 0.1) is 12.7 Å². The Bertz CT molecular complexity index is 256. The third-order valence-corrected chi connectivity index (χ3v) is 4.61. The maximum absolute atomic E-state index is 5.95. The van der Waals surface area contributed by atoms with Crippen LogP contribution in [0.1, 0.15) is 25.7 Å². The summed E-state index contributed by atoms with van der Waals surface area (Å²) in [7, 11) is 0. The van der Waals surface area contributed by atoms with Crippen LogP contribution in [0.25, 0.3) is 0 Å². The molecule has 0 spiro atoms. The fraction of sp³-hybridized carbons (Fsp3) is 1.00. The topological polar surface area (TPSA) is 33.7 Å². The van der Waals surface area contributed by atoms with Crippen molar-refractivity contribution in [2.75, 3.05) is 46.0 Å². The van der Waals surface area contributed by atoms with Crippen molar-refractivity contribution in [3.63, 3.8) is 0 Å². The highest BCUT2D eigenvalue weighted by molar-refractivity contribution is 4.86. The highest BCUT2D eigenvalue weighted by Gasteiger charge is 2.31. The van der Waals surface area contributed by atoms with Crippen LogP contribution in [0.2, 0.25) is 0 Å². The number of rotatable bonds is 4. The van der Waals surface area contributed by atoms with Crippen LogP contribution in [0.15, 0.2) is 0 Å². The molecule has 0 aliphatic carbocycles. The predicted molar refractivity (Wildman–Crippen MR) is 70.7 cm³/mol. The normalized spacial score (nSPS) is 34.7. The SMILES string of the molecule is C1CC2COC(CNCC3CCOCC3)CN2C1. The van der Waals surface area contributed by atoms with Crippen LogP contribution in [0.5, 0.6) is 0 Å². The van der Waals surface area contributed by atoms with E-state index in [9.17, 15) is 0 Å². The van der Waals surface area contributed by atoms with E-state index in [-0.39, 0.29) is 0 Å². The Morgan fingerprint density at radius 2 is 2.00 bits per heavy atom. The van der Waals surface area contributed by atoms with E-state index < -0.39 is 0 Å². The maximum Gasteiger partial charge on any atom is 0.0826 e. The molecule has 0 radical (unpaired) electrons. The fourth-order valence-electron chi connectivity index (χ4n) is 3.41. The van der Waals surface area contributed by atoms with E-state index in [0.717, 1.165) is 51.4 Å². The van der Waals surface area contributed by atoms with Gasteiger partial charge in [-0.2, -0.15) is 0 Å². The van der Waals surface area contributed by atoms with E-state index in [0.29, 0.717) is 6.10 Å². The molecule has 3 saturated heterocycles. The lowest BCUT2D eigenvalue weighted by Crippen LogP contribution is -2.49. The van der Waals surface area contributed by atoms with Crippen LogP contribution in [0.3, 0.4) is 0 Å². The van der Waals surface area contributed by atoms with Crippen LogP contribution in [-0.4, -0.2) is 63.0 Å². The molecule has 3 fully saturated rings. The molecule has 4 nitrogen and oxygen atoms in total. The van der Waals surface area contributed by atoms with Crippen molar-refractivity contribution in [3.8, 4) is 0 Å². The molecular weight excluding hydrogens is 228 g/mol. The molecule has 2 unspecified atom stereocenters. The van der Waals surface area contributed by atoms with Crippen LogP contribution in [0, 0.1) is 5.92 Å². The number of nitrogens with zero attached hydrogens (tertiary/aromatic N) is 1. The number of hydrogen-bond acceptors (Lipinski definition) is 4. The predicted octanol–water partition coefficient (Wildman–Crippen LogP) is 0.866. The Morgan fingerprint density at radius 3 is 2.89 bits per heavy atom. The van der Waals surface area contributed by atoms with Gasteiger partial charge in [-0.05, 0) is 44.7 Å². The molecule has 104 valence electrons. The molecule has 3 aliphatic heterocycles. The van der Waals surface area contributed by atoms with Gasteiger partial charge in [0.1, 0.15) is 0 Å². The van der Waals surface area contributed by atoms with Crippen molar-refractivity contribution in [3.05, 3.63) is 0 Å². The lowest BCUT2D eigenvalue weighted by molar-refractivity contribution is -0.0475. The smallest absolute Gasteiger partial charge is 0.0826 e. The first-order chi connectivity index (χ1) is 8.92. The van der Waals surface area contributed by atoms with E-state index in [2.05, 4.69) is 10.2 Å². The van der Waals surface area contributed by atoms with Gasteiger partial charge in [-0.15, -0.1) is 0 Å². The Labute approximate surface area is 110 Å². The van der Waals surface area contributed by atoms with Crippen molar-refractivity contribution in [2.45, 2.75) is 37.8 Å². The molecule has 0 bridgehead atoms. The number of hydrogen-bond donors (Lipinski definition) is 1. The molecule has 2 atom stereocenters. The molecule has 1 N–H and O–H groups in total. The zero-order chi connectivity index (χ0) is 12.2. The number of ether oxygens (including phenoxy) is 2. The summed E-state index contributed by atoms with van der Waals surface area (Å²) in [4.78, 5) is 2.62. The van der Waals surface area contributed by atoms with Crippen LogP contribution < -0.4 is 5.32 Å². The lowest BCUT2D eigenvalue weighted by Gasteiger charge is -2.35. The summed E-state index contributed by atoms with van der Waals surface area (Å²) in [5, 5.41) is 3.60. The third-order valence-electron chi connectivity index (χ3n) is 4.61. The molecule has 0 aromatic carbocycles. The van der Waals surface area contributed by atoms with E-state index >= 15 is 0 Å². The van der Waals surface area contributed by atoms with Crippen molar-refractivity contribution < 1.29 is 9.47 Å². The highest BCUT2D eigenvalue weighted by atomic mass is 16.5. The molecule has 0 saturated carbocycles. The lowest BCUT2D eigenvalue weighted by atomic mass is 10.0. The number of fused-ring (bicyclic) bond motifs is 1. The monoisotopic (exact) mass is 254 g/mol. The van der Waals surface area contributed by atoms with Gasteiger partial charge >= 0.3 is 0 Å². The molecule has 18 heavy (non-hydrogen) atoms. The second-order valence-electron chi connectivity index (χ2n) is 5.96. The standard InChI is InChI=1S/C14H26N2O2/c1-2-13-11-18-14(10-16(13)5-1)9-15-8-12-3-6-17-7-4-12/h12-15H,1-11H2. The molecule has 3 rings (SSSR count). The largest absolute Gasteiger partial charge is 0.381 e. The summed E-state index contributed by atoms with van der Waals surface area (Å²) in [6.07, 6.45) is 5.52. The van der Waals surface area contributed by atoms with Gasteiger partial charge in [0.15, 0.2) is 0 Å². The van der Waals surface area contributed by atoms with E-state index in [1.54, 1.807) is 0 Å². The Hall–Kier alpha value is -0.160. The summed E-state index contributed by atoms with van der Waals surface area (Å²) in [5.74, 6) is 0.807. The van der Waals surface area contributed by atoms with Gasteiger partial charge in [-0.3, -0.25) is 4.90 Å². The fourth-order valence-corrected chi connectivity index (χ4v) is 3.41. The first-order valence-electron chi connectivity index (χ1n) is 7.56. The molecular formula is C14H26N2O2. The van der Waals surface area contributed by atoms with Gasteiger partial charge in [0.25, 0.3) is 0 Å². The Morgan fingerprint density at radius 1 is 1.11 bits per heavy atom. The molecule has 0 amide bonds. The van der Waals surface area contributed by atoms with E-state index in [1.807, 2.05) is 0 Å². The highest BCUT2D eigenvalue weighted by Crippen LogP contribution is 2.22. The first kappa shape index (κ1) is 12.9. The molecule has 3 heterocycles. The Kier molecular flexibility index (Phi) is 4.52. The minimum absolute atomic E-state index is 0.402. The number of nitrogens with one attached hydrogen (secondary N) is 1. The second-order valence-corrected chi connectivity index (χ2v) is 5.96. The van der Waals surface area contributed by atoms with E-state index in [4.69, 9.17) is 9.47 Å². The first-order valence-corrected chi connectivity index (χ1v) is 7.56. The van der Waals surface area contributed by atoms with Gasteiger partial charge in [0, 0.05) is 32.3 Å². The maximum atomic E-state index is 5.95. The zero-order valence-electron chi connectivity index (χ0n) is 11.3. The van der Waals surface area contributed by atoms with Crippen LogP contribution in [0.4, 0.5) is 0 Å². The van der Waals surface area contributed by atoms with E-state index in [1.165, 1.54) is 32.2 Å².